The van der Waals surface area contributed by atoms with Crippen LogP contribution >= 0.6 is 0 Å². The Morgan fingerprint density at radius 2 is 1.62 bits per heavy atom. The molecule has 2 aromatic carbocycles. The molecule has 0 saturated carbocycles. The normalized spacial score (nSPS) is 30.8. The van der Waals surface area contributed by atoms with Crippen molar-refractivity contribution in [1.82, 2.24) is 14.7 Å². The van der Waals surface area contributed by atoms with E-state index in [9.17, 15) is 5.11 Å². The highest BCUT2D eigenvalue weighted by molar-refractivity contribution is 6.05. The lowest BCUT2D eigenvalue weighted by molar-refractivity contribution is -0.149. The van der Waals surface area contributed by atoms with Gasteiger partial charge in [-0.25, -0.2) is 0 Å². The predicted octanol–water partition coefficient (Wildman–Crippen LogP) is 2.03. The Balaban J connectivity index is 1.52. The average Bonchev–Trinajstić information content (AvgIpc) is 2.72. The Bertz CT molecular complexity index is 922. The number of hydrogen-bond donors (Lipinski definition) is 1. The van der Waals surface area contributed by atoms with E-state index in [0.29, 0.717) is 11.3 Å². The van der Waals surface area contributed by atoms with Gasteiger partial charge in [0.1, 0.15) is 0 Å². The van der Waals surface area contributed by atoms with Crippen LogP contribution in [0.4, 0.5) is 0 Å². The molecule has 0 spiro atoms. The first-order valence-corrected chi connectivity index (χ1v) is 9.87. The van der Waals surface area contributed by atoms with Gasteiger partial charge in [-0.15, -0.1) is 0 Å². The van der Waals surface area contributed by atoms with Gasteiger partial charge in [-0.1, -0.05) is 36.4 Å². The van der Waals surface area contributed by atoms with E-state index in [4.69, 9.17) is 9.84 Å². The number of rotatable bonds is 5. The minimum Gasteiger partial charge on any atom is -0.504 e. The number of hydrogen-bond acceptors (Lipinski definition) is 7. The highest BCUT2D eigenvalue weighted by atomic mass is 16.5. The fraction of sp³-hybridized carbons (Fsp3) is 0.364. The molecule has 6 rings (SSSR count). The van der Waals surface area contributed by atoms with Crippen LogP contribution in [0.5, 0.6) is 11.5 Å². The first-order valence-electron chi connectivity index (χ1n) is 9.87. The van der Waals surface area contributed by atoms with Gasteiger partial charge in [0, 0.05) is 25.2 Å². The molecule has 7 nitrogen and oxygen atoms in total. The van der Waals surface area contributed by atoms with Crippen molar-refractivity contribution < 1.29 is 9.84 Å². The summed E-state index contributed by atoms with van der Waals surface area (Å²) in [5.41, 5.74) is 2.63. The van der Waals surface area contributed by atoms with Gasteiger partial charge in [0.25, 0.3) is 0 Å². The van der Waals surface area contributed by atoms with E-state index in [1.54, 1.807) is 18.3 Å². The molecule has 4 bridgehead atoms. The van der Waals surface area contributed by atoms with Crippen LogP contribution < -0.4 is 4.74 Å². The second-order valence-corrected chi connectivity index (χ2v) is 8.15. The minimum atomic E-state index is -0.0656. The zero-order valence-electron chi connectivity index (χ0n) is 16.5. The fourth-order valence-corrected chi connectivity index (χ4v) is 4.96. The Morgan fingerprint density at radius 3 is 2.24 bits per heavy atom. The van der Waals surface area contributed by atoms with Gasteiger partial charge in [-0.05, 0) is 17.7 Å². The molecule has 4 fully saturated rings. The van der Waals surface area contributed by atoms with E-state index >= 15 is 0 Å². The van der Waals surface area contributed by atoms with Crippen molar-refractivity contribution in [3.8, 4) is 11.5 Å². The van der Waals surface area contributed by atoms with Crippen molar-refractivity contribution in [2.75, 3.05) is 46.8 Å². The van der Waals surface area contributed by atoms with E-state index < -0.39 is 0 Å². The summed E-state index contributed by atoms with van der Waals surface area (Å²) in [5, 5.41) is 19.4. The van der Waals surface area contributed by atoms with E-state index in [1.165, 1.54) is 7.11 Å². The molecule has 150 valence electrons. The third-order valence-electron chi connectivity index (χ3n) is 5.93. The summed E-state index contributed by atoms with van der Waals surface area (Å²) in [7, 11) is 1.54. The number of ether oxygens (including phenoxy) is 1. The number of methoxy groups -OCH3 is 1. The van der Waals surface area contributed by atoms with Gasteiger partial charge in [0.2, 0.25) is 0 Å². The zero-order valence-corrected chi connectivity index (χ0v) is 16.5. The molecule has 4 aliphatic heterocycles. The maximum Gasteiger partial charge on any atom is 0.166 e. The van der Waals surface area contributed by atoms with Crippen LogP contribution in [0.2, 0.25) is 0 Å². The second-order valence-electron chi connectivity index (χ2n) is 8.15. The van der Waals surface area contributed by atoms with E-state index in [1.807, 2.05) is 24.3 Å². The predicted molar refractivity (Wildman–Crippen MR) is 112 cm³/mol. The Labute approximate surface area is 170 Å². The second kappa shape index (κ2) is 7.26. The fourth-order valence-electron chi connectivity index (χ4n) is 4.96. The number of phenolic OH excluding ortho intramolecular Hbond substituents is 1. The Morgan fingerprint density at radius 1 is 0.966 bits per heavy atom. The van der Waals surface area contributed by atoms with Crippen molar-refractivity contribution in [2.45, 2.75) is 0 Å². The molecule has 4 aliphatic rings. The molecule has 0 atom stereocenters. The molecule has 7 heteroatoms. The van der Waals surface area contributed by atoms with Crippen LogP contribution in [0.3, 0.4) is 0 Å². The van der Waals surface area contributed by atoms with Gasteiger partial charge >= 0.3 is 0 Å². The molecule has 0 aliphatic carbocycles. The molecule has 0 unspecified atom stereocenters. The summed E-state index contributed by atoms with van der Waals surface area (Å²) in [5.74, 6) is 0.504. The van der Waals surface area contributed by atoms with Crippen LogP contribution in [0.1, 0.15) is 11.1 Å². The van der Waals surface area contributed by atoms with Crippen LogP contribution in [-0.4, -0.2) is 78.5 Å². The highest BCUT2D eigenvalue weighted by Crippen LogP contribution is 2.38. The first kappa shape index (κ1) is 18.3. The quantitative estimate of drug-likeness (QED) is 0.624. The summed E-state index contributed by atoms with van der Waals surface area (Å²) in [4.78, 5) is 7.44. The molecule has 4 saturated heterocycles. The number of benzene rings is 2. The van der Waals surface area contributed by atoms with Crippen LogP contribution in [-0.2, 0) is 0 Å². The third kappa shape index (κ3) is 3.31. The van der Waals surface area contributed by atoms with E-state index in [0.717, 1.165) is 50.9 Å². The van der Waals surface area contributed by atoms with Gasteiger partial charge < -0.3 is 9.84 Å². The minimum absolute atomic E-state index is 0.0656. The highest BCUT2D eigenvalue weighted by Gasteiger charge is 2.51. The molecule has 0 aromatic heterocycles. The average molecular weight is 391 g/mol. The molecule has 0 radical (unpaired) electrons. The van der Waals surface area contributed by atoms with E-state index in [2.05, 4.69) is 31.9 Å². The summed E-state index contributed by atoms with van der Waals surface area (Å²) < 4.78 is 5.18. The lowest BCUT2D eigenvalue weighted by atomic mass is 9.74. The van der Waals surface area contributed by atoms with Gasteiger partial charge in [0.15, 0.2) is 11.5 Å². The zero-order chi connectivity index (χ0) is 19.8. The number of phenols is 1. The summed E-state index contributed by atoms with van der Waals surface area (Å²) in [6, 6.07) is 15.7. The molecule has 4 heterocycles. The summed E-state index contributed by atoms with van der Waals surface area (Å²) in [6.45, 7) is 6.07. The van der Waals surface area contributed by atoms with Crippen LogP contribution in [0.15, 0.2) is 58.7 Å². The van der Waals surface area contributed by atoms with Crippen LogP contribution in [0, 0.1) is 5.41 Å². The third-order valence-corrected chi connectivity index (χ3v) is 5.93. The lowest BCUT2D eigenvalue weighted by Gasteiger charge is -2.60. The Hall–Kier alpha value is -2.74. The van der Waals surface area contributed by atoms with Gasteiger partial charge in [-0.3, -0.25) is 14.7 Å². The van der Waals surface area contributed by atoms with Gasteiger partial charge in [-0.2, -0.15) is 10.2 Å². The summed E-state index contributed by atoms with van der Waals surface area (Å²) >= 11 is 0. The Kier molecular flexibility index (Phi) is 4.58. The standard InChI is InChI=1S/C22H25N5O2/c1-29-19-9-5-8-18(20(19)28)10-23-24-21(17-6-3-2-4-7-17)22-11-25-14-26(12-22)16-27(13-22)15-25/h2-10,28H,11-16H2,1H3/b23-10+,24-21?. The van der Waals surface area contributed by atoms with Crippen molar-refractivity contribution in [2.24, 2.45) is 15.6 Å². The molecule has 1 N–H and O–H groups in total. The van der Waals surface area contributed by atoms with E-state index in [-0.39, 0.29) is 11.2 Å². The largest absolute Gasteiger partial charge is 0.504 e. The van der Waals surface area contributed by atoms with Crippen molar-refractivity contribution in [1.29, 1.82) is 0 Å². The lowest BCUT2D eigenvalue weighted by Crippen LogP contribution is -2.74. The van der Waals surface area contributed by atoms with Crippen molar-refractivity contribution in [3.63, 3.8) is 0 Å². The molecular weight excluding hydrogens is 366 g/mol. The SMILES string of the molecule is COc1cccc(/C=N/N=C(c2ccccc2)C23CN4CN(CN(C4)C2)C3)c1O. The summed E-state index contributed by atoms with van der Waals surface area (Å²) in [6.07, 6.45) is 1.60. The molecule has 29 heavy (non-hydrogen) atoms. The monoisotopic (exact) mass is 391 g/mol. The smallest absolute Gasteiger partial charge is 0.166 e. The maximum atomic E-state index is 10.3. The first-order chi connectivity index (χ1) is 14.2. The van der Waals surface area contributed by atoms with Crippen molar-refractivity contribution in [3.05, 3.63) is 59.7 Å². The van der Waals surface area contributed by atoms with Crippen LogP contribution in [0.25, 0.3) is 0 Å². The number of aromatic hydroxyl groups is 1. The van der Waals surface area contributed by atoms with Crippen molar-refractivity contribution >= 4 is 11.9 Å². The molecule has 2 aromatic rings. The molecular formula is C22H25N5O2. The van der Waals surface area contributed by atoms with Gasteiger partial charge in [0.05, 0.1) is 44.5 Å². The molecule has 0 amide bonds. The number of para-hydroxylation sites is 1. The maximum absolute atomic E-state index is 10.3. The topological polar surface area (TPSA) is 63.9 Å². The number of nitrogens with zero attached hydrogens (tertiary/aromatic N) is 5.